The summed E-state index contributed by atoms with van der Waals surface area (Å²) in [6.07, 6.45) is 5.76. The molecule has 1 aliphatic rings. The highest BCUT2D eigenvalue weighted by atomic mass is 16.5. The first-order valence-corrected chi connectivity index (χ1v) is 11.8. The zero-order valence-corrected chi connectivity index (χ0v) is 21.0. The van der Waals surface area contributed by atoms with E-state index >= 15 is 0 Å². The van der Waals surface area contributed by atoms with Crippen molar-refractivity contribution >= 4 is 46.5 Å². The van der Waals surface area contributed by atoms with Gasteiger partial charge in [-0.15, -0.1) is 0 Å². The first kappa shape index (κ1) is 25.4. The highest BCUT2D eigenvalue weighted by Gasteiger charge is 2.16. The van der Waals surface area contributed by atoms with Crippen LogP contribution in [-0.2, 0) is 9.59 Å². The highest BCUT2D eigenvalue weighted by molar-refractivity contribution is 5.98. The van der Waals surface area contributed by atoms with Gasteiger partial charge in [0.05, 0.1) is 12.8 Å². The van der Waals surface area contributed by atoms with Crippen molar-refractivity contribution in [3.63, 3.8) is 0 Å². The topological polar surface area (TPSA) is 121 Å². The number of hydrogen-bond acceptors (Lipinski definition) is 8. The lowest BCUT2D eigenvalue weighted by atomic mass is 9.99. The molecule has 10 nitrogen and oxygen atoms in total. The number of benzene rings is 1. The van der Waals surface area contributed by atoms with Crippen LogP contribution in [0.25, 0.3) is 5.57 Å². The van der Waals surface area contributed by atoms with Gasteiger partial charge in [-0.2, -0.15) is 4.98 Å². The molecule has 0 bridgehead atoms. The first-order valence-electron chi connectivity index (χ1n) is 11.8. The maximum absolute atomic E-state index is 11.6. The van der Waals surface area contributed by atoms with Gasteiger partial charge in [-0.25, -0.2) is 9.97 Å². The van der Waals surface area contributed by atoms with Gasteiger partial charge in [0.2, 0.25) is 17.8 Å². The summed E-state index contributed by atoms with van der Waals surface area (Å²) >= 11 is 0. The van der Waals surface area contributed by atoms with E-state index < -0.39 is 0 Å². The largest absolute Gasteiger partial charge is 0.495 e. The Hall–Kier alpha value is -4.73. The summed E-state index contributed by atoms with van der Waals surface area (Å²) in [5.41, 5.74) is 3.76. The second kappa shape index (κ2) is 11.3. The monoisotopic (exact) mass is 499 g/mol. The third kappa shape index (κ3) is 6.29. The number of ether oxygens (including phenoxy) is 1. The van der Waals surface area contributed by atoms with E-state index in [2.05, 4.69) is 43.6 Å². The Kier molecular flexibility index (Phi) is 7.77. The Labute approximate surface area is 215 Å². The molecule has 0 radical (unpaired) electrons. The standard InChI is InChI=1S/C27H29N7O3/c1-5-25(36)31-23-7-6-8-24(30-23)32-26-17(2)16-28-27(33-26)29-21-10-9-20(15-22(21)37-4)19-11-13-34(14-12-19)18(3)35/h5-11,15-16H,1,12-14H2,2-4H3,(H3,28,29,30,31,32,33,36). The molecule has 0 saturated heterocycles. The number of rotatable bonds is 8. The summed E-state index contributed by atoms with van der Waals surface area (Å²) < 4.78 is 5.64. The molecule has 1 aliphatic heterocycles. The van der Waals surface area contributed by atoms with E-state index in [-0.39, 0.29) is 11.8 Å². The molecular formula is C27H29N7O3. The molecule has 0 unspecified atom stereocenters. The molecule has 3 heterocycles. The van der Waals surface area contributed by atoms with Crippen LogP contribution in [-0.4, -0.2) is 51.9 Å². The zero-order chi connectivity index (χ0) is 26.4. The molecule has 37 heavy (non-hydrogen) atoms. The molecule has 0 spiro atoms. The number of carbonyl (C=O) groups excluding carboxylic acids is 2. The van der Waals surface area contributed by atoms with E-state index in [0.29, 0.717) is 42.2 Å². The number of methoxy groups -OCH3 is 1. The van der Waals surface area contributed by atoms with Gasteiger partial charge < -0.3 is 25.6 Å². The van der Waals surface area contributed by atoms with Gasteiger partial charge in [0.1, 0.15) is 23.2 Å². The van der Waals surface area contributed by atoms with E-state index in [1.165, 1.54) is 11.6 Å². The quantitative estimate of drug-likeness (QED) is 0.389. The first-order chi connectivity index (χ1) is 17.9. The summed E-state index contributed by atoms with van der Waals surface area (Å²) in [5.74, 6) is 2.25. The van der Waals surface area contributed by atoms with Crippen molar-refractivity contribution in [2.24, 2.45) is 0 Å². The fourth-order valence-corrected chi connectivity index (χ4v) is 3.83. The lowest BCUT2D eigenvalue weighted by Crippen LogP contribution is -2.32. The van der Waals surface area contributed by atoms with Crippen LogP contribution in [0.3, 0.4) is 0 Å². The second-order valence-corrected chi connectivity index (χ2v) is 8.44. The second-order valence-electron chi connectivity index (χ2n) is 8.44. The van der Waals surface area contributed by atoms with E-state index in [1.807, 2.05) is 30.0 Å². The third-order valence-electron chi connectivity index (χ3n) is 5.88. The molecule has 10 heteroatoms. The molecule has 2 aromatic heterocycles. The van der Waals surface area contributed by atoms with Gasteiger partial charge >= 0.3 is 0 Å². The number of anilines is 5. The number of hydrogen-bond donors (Lipinski definition) is 3. The van der Waals surface area contributed by atoms with Crippen LogP contribution in [0, 0.1) is 6.92 Å². The molecule has 0 aliphatic carbocycles. The SMILES string of the molecule is C=CC(=O)Nc1cccc(Nc2nc(Nc3ccc(C4=CCN(C(C)=O)CC4)cc3OC)ncc2C)n1. The summed E-state index contributed by atoms with van der Waals surface area (Å²) in [6.45, 7) is 8.24. The number of carbonyl (C=O) groups is 2. The number of nitrogens with zero attached hydrogens (tertiary/aromatic N) is 4. The predicted molar refractivity (Wildman–Crippen MR) is 144 cm³/mol. The lowest BCUT2D eigenvalue weighted by molar-refractivity contribution is -0.128. The maximum Gasteiger partial charge on any atom is 0.248 e. The summed E-state index contributed by atoms with van der Waals surface area (Å²) in [7, 11) is 1.61. The molecule has 4 rings (SSSR count). The van der Waals surface area contributed by atoms with E-state index in [0.717, 1.165) is 23.2 Å². The summed E-state index contributed by atoms with van der Waals surface area (Å²) in [6, 6.07) is 11.1. The molecule has 0 fully saturated rings. The third-order valence-corrected chi connectivity index (χ3v) is 5.88. The van der Waals surface area contributed by atoms with Crippen molar-refractivity contribution in [3.8, 4) is 5.75 Å². The highest BCUT2D eigenvalue weighted by Crippen LogP contribution is 2.32. The van der Waals surface area contributed by atoms with Crippen LogP contribution in [0.4, 0.5) is 29.1 Å². The van der Waals surface area contributed by atoms with Crippen LogP contribution in [0.15, 0.2) is 61.3 Å². The van der Waals surface area contributed by atoms with Crippen molar-refractivity contribution in [1.82, 2.24) is 19.9 Å². The number of amides is 2. The van der Waals surface area contributed by atoms with Gasteiger partial charge in [0, 0.05) is 31.8 Å². The van der Waals surface area contributed by atoms with E-state index in [1.54, 1.807) is 38.4 Å². The minimum absolute atomic E-state index is 0.0855. The number of aryl methyl sites for hydroxylation is 1. The molecule has 1 aromatic carbocycles. The molecule has 2 amide bonds. The Morgan fingerprint density at radius 2 is 1.95 bits per heavy atom. The summed E-state index contributed by atoms with van der Waals surface area (Å²) in [4.78, 5) is 38.4. The lowest BCUT2D eigenvalue weighted by Gasteiger charge is -2.25. The van der Waals surface area contributed by atoms with E-state index in [9.17, 15) is 9.59 Å². The number of nitrogens with one attached hydrogen (secondary N) is 3. The molecular weight excluding hydrogens is 470 g/mol. The Balaban J connectivity index is 1.51. The number of aromatic nitrogens is 3. The average Bonchev–Trinajstić information content (AvgIpc) is 2.91. The number of pyridine rings is 1. The van der Waals surface area contributed by atoms with Crippen molar-refractivity contribution in [2.75, 3.05) is 36.1 Å². The maximum atomic E-state index is 11.6. The van der Waals surface area contributed by atoms with Crippen molar-refractivity contribution in [1.29, 1.82) is 0 Å². The molecule has 0 atom stereocenters. The normalized spacial score (nSPS) is 12.8. The van der Waals surface area contributed by atoms with Gasteiger partial charge in [-0.1, -0.05) is 24.8 Å². The van der Waals surface area contributed by atoms with Crippen LogP contribution >= 0.6 is 0 Å². The van der Waals surface area contributed by atoms with Crippen LogP contribution in [0.5, 0.6) is 5.75 Å². The summed E-state index contributed by atoms with van der Waals surface area (Å²) in [5, 5.41) is 9.04. The van der Waals surface area contributed by atoms with Crippen molar-refractivity contribution in [3.05, 3.63) is 72.5 Å². The fraction of sp³-hybridized carbons (Fsp3) is 0.222. The molecule has 3 N–H and O–H groups in total. The smallest absolute Gasteiger partial charge is 0.248 e. The Bertz CT molecular complexity index is 1370. The van der Waals surface area contributed by atoms with Gasteiger partial charge in [0.25, 0.3) is 0 Å². The van der Waals surface area contributed by atoms with Gasteiger partial charge in [-0.3, -0.25) is 9.59 Å². The van der Waals surface area contributed by atoms with Crippen molar-refractivity contribution < 1.29 is 14.3 Å². The average molecular weight is 500 g/mol. The molecule has 3 aromatic rings. The Morgan fingerprint density at radius 3 is 2.65 bits per heavy atom. The van der Waals surface area contributed by atoms with Crippen LogP contribution in [0.1, 0.15) is 24.5 Å². The van der Waals surface area contributed by atoms with Crippen molar-refractivity contribution in [2.45, 2.75) is 20.3 Å². The fourth-order valence-electron chi connectivity index (χ4n) is 3.83. The van der Waals surface area contributed by atoms with Crippen LogP contribution < -0.4 is 20.7 Å². The zero-order valence-electron chi connectivity index (χ0n) is 21.0. The minimum atomic E-state index is -0.341. The molecule has 190 valence electrons. The minimum Gasteiger partial charge on any atom is -0.495 e. The van der Waals surface area contributed by atoms with Gasteiger partial charge in [0.15, 0.2) is 0 Å². The predicted octanol–water partition coefficient (Wildman–Crippen LogP) is 4.44. The van der Waals surface area contributed by atoms with E-state index in [4.69, 9.17) is 4.74 Å². The van der Waals surface area contributed by atoms with Gasteiger partial charge in [-0.05, 0) is 54.8 Å². The molecule has 0 saturated carbocycles. The van der Waals surface area contributed by atoms with Crippen LogP contribution in [0.2, 0.25) is 0 Å². The Morgan fingerprint density at radius 1 is 1.14 bits per heavy atom.